The molecular weight excluding hydrogens is 493 g/mol. The number of alkyl halides is 3. The number of fused-ring (bicyclic) bond motifs is 1. The number of halogens is 6. The molecule has 182 valence electrons. The molecule has 0 bridgehead atoms. The summed E-state index contributed by atoms with van der Waals surface area (Å²) < 4.78 is 67.5. The Morgan fingerprint density at radius 1 is 1.00 bits per heavy atom. The highest BCUT2D eigenvalue weighted by Crippen LogP contribution is 2.31. The minimum absolute atomic E-state index is 0.0326. The van der Waals surface area contributed by atoms with Gasteiger partial charge in [0.2, 0.25) is 5.95 Å². The zero-order valence-corrected chi connectivity index (χ0v) is 18.7. The first-order valence-electron chi connectivity index (χ1n) is 10.6. The van der Waals surface area contributed by atoms with Crippen molar-refractivity contribution in [1.29, 1.82) is 0 Å². The van der Waals surface area contributed by atoms with E-state index in [9.17, 15) is 22.0 Å². The lowest BCUT2D eigenvalue weighted by Crippen LogP contribution is -2.39. The normalized spacial score (nSPS) is 15.1. The van der Waals surface area contributed by atoms with E-state index in [0.717, 1.165) is 24.5 Å². The zero-order chi connectivity index (χ0) is 24.7. The molecule has 0 radical (unpaired) electrons. The van der Waals surface area contributed by atoms with Gasteiger partial charge in [-0.15, -0.1) is 5.10 Å². The molecule has 13 heteroatoms. The van der Waals surface area contributed by atoms with Crippen LogP contribution in [0.25, 0.3) is 16.8 Å². The van der Waals surface area contributed by atoms with E-state index in [4.69, 9.17) is 11.6 Å². The van der Waals surface area contributed by atoms with Crippen molar-refractivity contribution in [2.75, 3.05) is 23.3 Å². The van der Waals surface area contributed by atoms with Gasteiger partial charge in [-0.3, -0.25) is 0 Å². The molecule has 0 unspecified atom stereocenters. The molecule has 5 rings (SSSR count). The molecule has 0 aliphatic carbocycles. The fraction of sp³-hybridized carbons (Fsp3) is 0.273. The van der Waals surface area contributed by atoms with Crippen molar-refractivity contribution in [3.8, 4) is 11.1 Å². The number of piperidine rings is 1. The Morgan fingerprint density at radius 3 is 2.49 bits per heavy atom. The molecule has 0 spiro atoms. The largest absolute Gasteiger partial charge is 0.433 e. The molecule has 0 atom stereocenters. The molecular formula is C22H17ClF5N7. The monoisotopic (exact) mass is 509 g/mol. The molecule has 4 heterocycles. The predicted octanol–water partition coefficient (Wildman–Crippen LogP) is 5.22. The minimum Gasteiger partial charge on any atom is -0.356 e. The number of rotatable bonds is 4. The predicted molar refractivity (Wildman–Crippen MR) is 119 cm³/mol. The quantitative estimate of drug-likeness (QED) is 0.380. The van der Waals surface area contributed by atoms with E-state index in [1.165, 1.54) is 10.6 Å². The maximum atomic E-state index is 13.8. The first kappa shape index (κ1) is 23.2. The summed E-state index contributed by atoms with van der Waals surface area (Å²) in [7, 11) is 0. The molecule has 1 aliphatic heterocycles. The highest BCUT2D eigenvalue weighted by atomic mass is 35.5. The lowest BCUT2D eigenvalue weighted by Gasteiger charge is -2.33. The third-order valence-electron chi connectivity index (χ3n) is 5.73. The van der Waals surface area contributed by atoms with Gasteiger partial charge in [-0.25, -0.2) is 23.3 Å². The number of nitrogens with one attached hydrogen (secondary N) is 1. The molecule has 7 nitrogen and oxygen atoms in total. The fourth-order valence-corrected chi connectivity index (χ4v) is 4.20. The SMILES string of the molecule is Fc1ccc(-c2cc(Cl)cn3nc(NC4CCN(c5cc(C(F)(F)F)ncn5)CC4)nc23)cc1F. The molecule has 1 aliphatic rings. The van der Waals surface area contributed by atoms with Crippen molar-refractivity contribution in [3.63, 3.8) is 0 Å². The van der Waals surface area contributed by atoms with Crippen LogP contribution in [0, 0.1) is 11.6 Å². The zero-order valence-electron chi connectivity index (χ0n) is 17.9. The van der Waals surface area contributed by atoms with Crippen molar-refractivity contribution >= 4 is 29.0 Å². The smallest absolute Gasteiger partial charge is 0.356 e. The van der Waals surface area contributed by atoms with Crippen LogP contribution in [-0.4, -0.2) is 43.7 Å². The van der Waals surface area contributed by atoms with E-state index in [0.29, 0.717) is 53.7 Å². The van der Waals surface area contributed by atoms with Crippen LogP contribution in [0.1, 0.15) is 18.5 Å². The lowest BCUT2D eigenvalue weighted by atomic mass is 10.1. The summed E-state index contributed by atoms with van der Waals surface area (Å²) in [4.78, 5) is 13.5. The van der Waals surface area contributed by atoms with Crippen LogP contribution in [-0.2, 0) is 6.18 Å². The van der Waals surface area contributed by atoms with Gasteiger partial charge in [-0.05, 0) is 36.6 Å². The van der Waals surface area contributed by atoms with Crippen molar-refractivity contribution in [3.05, 3.63) is 65.2 Å². The van der Waals surface area contributed by atoms with Gasteiger partial charge in [-0.2, -0.15) is 18.2 Å². The van der Waals surface area contributed by atoms with Crippen molar-refractivity contribution in [2.24, 2.45) is 0 Å². The van der Waals surface area contributed by atoms with Gasteiger partial charge in [-0.1, -0.05) is 17.7 Å². The molecule has 3 aromatic heterocycles. The van der Waals surface area contributed by atoms with Crippen LogP contribution in [0.3, 0.4) is 0 Å². The van der Waals surface area contributed by atoms with Crippen molar-refractivity contribution < 1.29 is 22.0 Å². The Balaban J connectivity index is 1.32. The maximum Gasteiger partial charge on any atom is 0.433 e. The first-order chi connectivity index (χ1) is 16.7. The van der Waals surface area contributed by atoms with E-state index >= 15 is 0 Å². The van der Waals surface area contributed by atoms with Crippen LogP contribution >= 0.6 is 11.6 Å². The summed E-state index contributed by atoms with van der Waals surface area (Å²) in [5.74, 6) is -1.41. The third-order valence-corrected chi connectivity index (χ3v) is 5.93. The molecule has 1 N–H and O–H groups in total. The Labute approximate surface area is 200 Å². The molecule has 1 aromatic carbocycles. The van der Waals surface area contributed by atoms with Gasteiger partial charge in [0.25, 0.3) is 0 Å². The number of nitrogens with zero attached hydrogens (tertiary/aromatic N) is 6. The molecule has 4 aromatic rings. The summed E-state index contributed by atoms with van der Waals surface area (Å²) in [5, 5.41) is 7.97. The molecule has 0 amide bonds. The average molecular weight is 510 g/mol. The number of hydrogen-bond acceptors (Lipinski definition) is 6. The average Bonchev–Trinajstić information content (AvgIpc) is 3.22. The second kappa shape index (κ2) is 8.91. The standard InChI is InChI=1S/C22H17ClF5N7/c23-13-8-15(12-1-2-16(24)17(25)7-12)20-32-21(33-35(20)10-13)31-14-3-5-34(6-4-14)19-9-18(22(26,27)28)29-11-30-19/h1-2,7-11,14H,3-6H2,(H,31,33). The van der Waals surface area contributed by atoms with Crippen molar-refractivity contribution in [1.82, 2.24) is 24.6 Å². The van der Waals surface area contributed by atoms with Gasteiger partial charge in [0.05, 0.1) is 5.02 Å². The Kier molecular flexibility index (Phi) is 5.91. The number of hydrogen-bond donors (Lipinski definition) is 1. The summed E-state index contributed by atoms with van der Waals surface area (Å²) in [6.07, 6.45) is -0.851. The second-order valence-electron chi connectivity index (χ2n) is 8.07. The summed E-state index contributed by atoms with van der Waals surface area (Å²) in [6.45, 7) is 0.955. The summed E-state index contributed by atoms with van der Waals surface area (Å²) >= 11 is 6.20. The van der Waals surface area contributed by atoms with Crippen LogP contribution in [0.15, 0.2) is 42.9 Å². The highest BCUT2D eigenvalue weighted by molar-refractivity contribution is 6.30. The number of pyridine rings is 1. The highest BCUT2D eigenvalue weighted by Gasteiger charge is 2.33. The van der Waals surface area contributed by atoms with E-state index in [1.54, 1.807) is 17.2 Å². The number of benzene rings is 1. The molecule has 0 saturated carbocycles. The van der Waals surface area contributed by atoms with E-state index in [2.05, 4.69) is 25.4 Å². The summed E-state index contributed by atoms with van der Waals surface area (Å²) in [6, 6.07) is 6.03. The molecule has 35 heavy (non-hydrogen) atoms. The molecule has 1 saturated heterocycles. The van der Waals surface area contributed by atoms with E-state index in [1.807, 2.05) is 0 Å². The topological polar surface area (TPSA) is 71.2 Å². The van der Waals surface area contributed by atoms with Crippen LogP contribution in [0.4, 0.5) is 33.7 Å². The Morgan fingerprint density at radius 2 is 1.77 bits per heavy atom. The van der Waals surface area contributed by atoms with Gasteiger partial charge in [0.1, 0.15) is 17.8 Å². The lowest BCUT2D eigenvalue weighted by molar-refractivity contribution is -0.141. The maximum absolute atomic E-state index is 13.8. The third kappa shape index (κ3) is 4.83. The van der Waals surface area contributed by atoms with Crippen LogP contribution in [0.5, 0.6) is 0 Å². The number of aromatic nitrogens is 5. The first-order valence-corrected chi connectivity index (χ1v) is 11.0. The summed E-state index contributed by atoms with van der Waals surface area (Å²) in [5.41, 5.74) is 0.302. The van der Waals surface area contributed by atoms with Gasteiger partial charge >= 0.3 is 6.18 Å². The second-order valence-corrected chi connectivity index (χ2v) is 8.51. The van der Waals surface area contributed by atoms with Gasteiger partial charge < -0.3 is 10.2 Å². The number of anilines is 2. The van der Waals surface area contributed by atoms with E-state index < -0.39 is 23.5 Å². The van der Waals surface area contributed by atoms with Crippen molar-refractivity contribution in [2.45, 2.75) is 25.1 Å². The van der Waals surface area contributed by atoms with Crippen LogP contribution in [0.2, 0.25) is 5.02 Å². The van der Waals surface area contributed by atoms with Crippen LogP contribution < -0.4 is 10.2 Å². The Bertz CT molecular complexity index is 1380. The molecule has 1 fully saturated rings. The fourth-order valence-electron chi connectivity index (χ4n) is 4.00. The minimum atomic E-state index is -4.53. The Hall–Kier alpha value is -3.54. The van der Waals surface area contributed by atoms with Gasteiger partial charge in [0.15, 0.2) is 17.3 Å². The van der Waals surface area contributed by atoms with E-state index in [-0.39, 0.29) is 11.9 Å². The van der Waals surface area contributed by atoms with Gasteiger partial charge in [0, 0.05) is 37.0 Å².